The molecule has 0 amide bonds. The maximum absolute atomic E-state index is 7.99. The van der Waals surface area contributed by atoms with Crippen molar-refractivity contribution in [3.05, 3.63) is 42.5 Å². The summed E-state index contributed by atoms with van der Waals surface area (Å²) < 4.78 is 29.5. The van der Waals surface area contributed by atoms with Gasteiger partial charge in [-0.3, -0.25) is 14.5 Å². The Bertz CT molecular complexity index is 1140. The summed E-state index contributed by atoms with van der Waals surface area (Å²) in [5.41, 5.74) is 4.30. The molecule has 1 aliphatic heterocycles. The van der Waals surface area contributed by atoms with Gasteiger partial charge in [-0.15, -0.1) is 0 Å². The van der Waals surface area contributed by atoms with Crippen LogP contribution in [0.25, 0.3) is 33.5 Å². The maximum Gasteiger partial charge on any atom is 0.269 e. The van der Waals surface area contributed by atoms with E-state index in [4.69, 9.17) is 4.11 Å². The Hall–Kier alpha value is -2.69. The van der Waals surface area contributed by atoms with Gasteiger partial charge in [-0.25, -0.2) is 9.13 Å². The Kier molecular flexibility index (Phi) is 1.42. The fourth-order valence-corrected chi connectivity index (χ4v) is 3.46. The van der Waals surface area contributed by atoms with Gasteiger partial charge in [0.25, 0.3) is 5.65 Å². The zero-order valence-corrected chi connectivity index (χ0v) is 11.4. The molecule has 0 saturated carbocycles. The minimum absolute atomic E-state index is 0.637. The summed E-state index contributed by atoms with van der Waals surface area (Å²) in [6.45, 7) is -1.63. The molecule has 5 nitrogen and oxygen atoms in total. The molecule has 0 atom stereocenters. The van der Waals surface area contributed by atoms with Gasteiger partial charge in [-0.2, -0.15) is 0 Å². The average Bonchev–Trinajstić information content (AvgIpc) is 3.15. The Labute approximate surface area is 125 Å². The van der Waals surface area contributed by atoms with Crippen LogP contribution in [0.1, 0.15) is 9.81 Å². The molecule has 5 heterocycles. The summed E-state index contributed by atoms with van der Waals surface area (Å²) in [6.07, 6.45) is 5.16. The average molecular weight is 279 g/mol. The lowest BCUT2D eigenvalue weighted by Crippen LogP contribution is -2.31. The minimum Gasteiger partial charge on any atom is -0.264 e. The molecule has 1 aliphatic rings. The Balaban J connectivity index is 2.02. The van der Waals surface area contributed by atoms with E-state index < -0.39 is 6.98 Å². The van der Waals surface area contributed by atoms with E-state index >= 15 is 0 Å². The van der Waals surface area contributed by atoms with Crippen molar-refractivity contribution in [3.63, 3.8) is 0 Å². The smallest absolute Gasteiger partial charge is 0.264 e. The lowest BCUT2D eigenvalue weighted by molar-refractivity contribution is -0.636. The summed E-state index contributed by atoms with van der Waals surface area (Å²) in [7, 11) is 1.91. The summed E-state index contributed by atoms with van der Waals surface area (Å²) in [4.78, 5) is 8.67. The van der Waals surface area contributed by atoms with E-state index in [1.54, 1.807) is 24.7 Å². The highest BCUT2D eigenvalue weighted by atomic mass is 15.2. The fraction of sp³-hybridized carbons (Fsp3) is 0.188. The Morgan fingerprint density at radius 2 is 2.29 bits per heavy atom. The number of nitrogens with zero attached hydrogens (tertiary/aromatic N) is 5. The number of hydrogen-bond donors (Lipinski definition) is 0. The highest BCUT2D eigenvalue weighted by molar-refractivity contribution is 6.04. The number of rotatable bonds is 0. The van der Waals surface area contributed by atoms with E-state index in [9.17, 15) is 0 Å². The van der Waals surface area contributed by atoms with Gasteiger partial charge in [0.05, 0.1) is 34.8 Å². The van der Waals surface area contributed by atoms with E-state index in [0.29, 0.717) is 17.7 Å². The molecule has 21 heavy (non-hydrogen) atoms. The third-order valence-corrected chi connectivity index (χ3v) is 4.32. The van der Waals surface area contributed by atoms with Crippen LogP contribution >= 0.6 is 0 Å². The summed E-state index contributed by atoms with van der Waals surface area (Å²) in [6, 6.07) is 5.69. The number of aryl methyl sites for hydroxylation is 2. The van der Waals surface area contributed by atoms with Crippen LogP contribution in [0, 0.1) is 0 Å². The molecule has 0 N–H and O–H groups in total. The van der Waals surface area contributed by atoms with E-state index in [0.717, 1.165) is 28.0 Å². The molecule has 0 aromatic carbocycles. The molecule has 4 aromatic heterocycles. The highest BCUT2D eigenvalue weighted by Crippen LogP contribution is 2.35. The van der Waals surface area contributed by atoms with Crippen molar-refractivity contribution in [1.29, 1.82) is 0 Å². The van der Waals surface area contributed by atoms with E-state index in [1.807, 2.05) is 23.7 Å². The summed E-state index contributed by atoms with van der Waals surface area (Å²) >= 11 is 0. The number of hydrogen-bond acceptors (Lipinski definition) is 2. The third kappa shape index (κ3) is 1.15. The van der Waals surface area contributed by atoms with Crippen molar-refractivity contribution < 1.29 is 8.68 Å². The monoisotopic (exact) mass is 279 g/mol. The van der Waals surface area contributed by atoms with Crippen LogP contribution in [0.5, 0.6) is 0 Å². The van der Waals surface area contributed by atoms with E-state index in [-0.39, 0.29) is 0 Å². The second-order valence-corrected chi connectivity index (χ2v) is 5.37. The van der Waals surface area contributed by atoms with Gasteiger partial charge < -0.3 is 0 Å². The van der Waals surface area contributed by atoms with Crippen molar-refractivity contribution in [2.24, 2.45) is 14.0 Å². The van der Waals surface area contributed by atoms with Gasteiger partial charge in [0.15, 0.2) is 5.52 Å². The van der Waals surface area contributed by atoms with Crippen molar-refractivity contribution >= 4 is 22.1 Å². The zero-order chi connectivity index (χ0) is 16.6. The topological polar surface area (TPSA) is 39.5 Å². The number of fused-ring (bicyclic) bond motifs is 7. The summed E-state index contributed by atoms with van der Waals surface area (Å²) in [5, 5.41) is 0.846. The molecule has 0 radical (unpaired) electrons. The van der Waals surface area contributed by atoms with Crippen LogP contribution in [0.4, 0.5) is 0 Å². The van der Waals surface area contributed by atoms with Crippen molar-refractivity contribution in [2.45, 2.75) is 6.54 Å². The first-order chi connectivity index (χ1) is 11.5. The van der Waals surface area contributed by atoms with Crippen molar-refractivity contribution in [2.75, 3.05) is 0 Å². The van der Waals surface area contributed by atoms with Crippen molar-refractivity contribution in [3.8, 4) is 11.4 Å². The maximum atomic E-state index is 7.99. The standard InChI is InChI=1S/C16H14N5/c1-19-13-5-7-17-8-11(13)14-16(19)20(2)15-10-4-3-6-18-12(10)9-21(14)15/h3-8H,9H2,1-2H3/q+1/i1D3. The lowest BCUT2D eigenvalue weighted by atomic mass is 10.2. The van der Waals surface area contributed by atoms with Crippen LogP contribution in [-0.2, 0) is 20.6 Å². The van der Waals surface area contributed by atoms with Crippen LogP contribution in [-0.4, -0.2) is 19.1 Å². The van der Waals surface area contributed by atoms with Crippen LogP contribution in [0.2, 0.25) is 0 Å². The first-order valence-corrected chi connectivity index (χ1v) is 6.80. The first kappa shape index (κ1) is 8.56. The Morgan fingerprint density at radius 3 is 3.19 bits per heavy atom. The minimum atomic E-state index is -2.26. The van der Waals surface area contributed by atoms with Gasteiger partial charge in [0.1, 0.15) is 12.1 Å². The molecule has 4 aromatic rings. The van der Waals surface area contributed by atoms with Gasteiger partial charge in [0, 0.05) is 18.6 Å². The van der Waals surface area contributed by atoms with Crippen LogP contribution in [0.15, 0.2) is 36.8 Å². The van der Waals surface area contributed by atoms with Gasteiger partial charge in [-0.1, -0.05) is 0 Å². The third-order valence-electron chi connectivity index (χ3n) is 4.32. The highest BCUT2D eigenvalue weighted by Gasteiger charge is 2.34. The molecule has 5 heteroatoms. The lowest BCUT2D eigenvalue weighted by Gasteiger charge is -1.98. The van der Waals surface area contributed by atoms with Gasteiger partial charge in [0.2, 0.25) is 5.82 Å². The largest absolute Gasteiger partial charge is 0.269 e. The van der Waals surface area contributed by atoms with Gasteiger partial charge >= 0.3 is 0 Å². The number of imidazole rings is 1. The van der Waals surface area contributed by atoms with Crippen LogP contribution < -0.4 is 4.57 Å². The molecule has 0 fully saturated rings. The molecule has 0 unspecified atom stereocenters. The normalized spacial score (nSPS) is 15.8. The number of pyridine rings is 2. The number of aromatic nitrogens is 5. The predicted octanol–water partition coefficient (Wildman–Crippen LogP) is 1.78. The van der Waals surface area contributed by atoms with Gasteiger partial charge in [-0.05, 0) is 18.2 Å². The molecule has 0 aliphatic carbocycles. The molecular weight excluding hydrogens is 262 g/mol. The SMILES string of the molecule is [2H]C([2H])([2H])n1c2ccncc2c2c1[n+](C)c1n2Cc2ncccc2-1. The quantitative estimate of drug-likeness (QED) is 0.405. The zero-order valence-electron chi connectivity index (χ0n) is 14.4. The molecule has 0 saturated heterocycles. The molecular formula is C16H14N5+. The first-order valence-electron chi connectivity index (χ1n) is 8.30. The van der Waals surface area contributed by atoms with E-state index in [2.05, 4.69) is 14.5 Å². The molecule has 0 bridgehead atoms. The molecule has 5 rings (SSSR count). The Morgan fingerprint density at radius 1 is 1.33 bits per heavy atom. The van der Waals surface area contributed by atoms with Crippen molar-refractivity contribution in [1.82, 2.24) is 19.1 Å². The summed E-state index contributed by atoms with van der Waals surface area (Å²) in [5.74, 6) is 0.979. The molecule has 102 valence electrons. The second-order valence-electron chi connectivity index (χ2n) is 5.37. The second kappa shape index (κ2) is 3.49. The predicted molar refractivity (Wildman–Crippen MR) is 79.7 cm³/mol. The van der Waals surface area contributed by atoms with E-state index in [1.165, 1.54) is 4.57 Å². The van der Waals surface area contributed by atoms with Crippen LogP contribution in [0.3, 0.4) is 0 Å². The fourth-order valence-electron chi connectivity index (χ4n) is 3.46. The molecule has 0 spiro atoms.